The first-order valence-electron chi connectivity index (χ1n) is 10.4. The zero-order chi connectivity index (χ0) is 21.1. The van der Waals surface area contributed by atoms with E-state index in [1.807, 2.05) is 36.4 Å². The molecule has 2 aliphatic heterocycles. The summed E-state index contributed by atoms with van der Waals surface area (Å²) in [5, 5.41) is 3.00. The molecule has 2 amide bonds. The number of halogens is 1. The summed E-state index contributed by atoms with van der Waals surface area (Å²) in [5.74, 6) is -0.429. The number of anilines is 2. The molecule has 1 fully saturated rings. The van der Waals surface area contributed by atoms with Crippen LogP contribution < -0.4 is 15.1 Å². The Kier molecular flexibility index (Phi) is 5.99. The zero-order valence-corrected chi connectivity index (χ0v) is 17.2. The topological polar surface area (TPSA) is 55.9 Å². The molecule has 1 saturated heterocycles. The van der Waals surface area contributed by atoms with Gasteiger partial charge in [0.2, 0.25) is 11.8 Å². The number of hydrogen-bond acceptors (Lipinski definition) is 4. The van der Waals surface area contributed by atoms with E-state index in [0.717, 1.165) is 44.0 Å². The van der Waals surface area contributed by atoms with Gasteiger partial charge in [0, 0.05) is 58.3 Å². The first-order chi connectivity index (χ1) is 14.5. The van der Waals surface area contributed by atoms with E-state index in [4.69, 9.17) is 0 Å². The van der Waals surface area contributed by atoms with Crippen LogP contribution in [0.2, 0.25) is 0 Å². The van der Waals surface area contributed by atoms with Gasteiger partial charge in [0.15, 0.2) is 0 Å². The average molecular weight is 410 g/mol. The molecule has 30 heavy (non-hydrogen) atoms. The lowest BCUT2D eigenvalue weighted by Crippen LogP contribution is -2.51. The van der Waals surface area contributed by atoms with E-state index >= 15 is 0 Å². The fourth-order valence-electron chi connectivity index (χ4n) is 4.36. The second kappa shape index (κ2) is 8.83. The van der Waals surface area contributed by atoms with Crippen LogP contribution in [0.1, 0.15) is 12.5 Å². The Morgan fingerprint density at radius 1 is 1.00 bits per heavy atom. The average Bonchev–Trinajstić information content (AvgIpc) is 3.15. The summed E-state index contributed by atoms with van der Waals surface area (Å²) in [7, 11) is 0. The van der Waals surface area contributed by atoms with Crippen LogP contribution in [-0.4, -0.2) is 62.0 Å². The van der Waals surface area contributed by atoms with Gasteiger partial charge >= 0.3 is 0 Å². The van der Waals surface area contributed by atoms with Gasteiger partial charge in [0.25, 0.3) is 0 Å². The molecule has 0 spiro atoms. The Morgan fingerprint density at radius 2 is 1.67 bits per heavy atom. The minimum absolute atomic E-state index is 0.119. The van der Waals surface area contributed by atoms with Crippen LogP contribution in [0.15, 0.2) is 48.5 Å². The fraction of sp³-hybridized carbons (Fsp3) is 0.391. The zero-order valence-electron chi connectivity index (χ0n) is 17.2. The minimum Gasteiger partial charge on any atom is -0.367 e. The Morgan fingerprint density at radius 3 is 2.37 bits per heavy atom. The number of amides is 2. The molecular weight excluding hydrogens is 383 g/mol. The second-order valence-electron chi connectivity index (χ2n) is 7.81. The highest BCUT2D eigenvalue weighted by molar-refractivity contribution is 6.02. The number of nitrogens with one attached hydrogen (secondary N) is 1. The Bertz CT molecular complexity index is 927. The molecule has 6 nitrogen and oxygen atoms in total. The summed E-state index contributed by atoms with van der Waals surface area (Å²) in [6.07, 6.45) is 0.545. The number of hydrogen-bond donors (Lipinski definition) is 1. The van der Waals surface area contributed by atoms with E-state index in [1.165, 1.54) is 13.0 Å². The standard InChI is InChI=1S/C23H27FN4O2/c1-17(29)28-20-8-4-2-6-18(20)16-22(28)23(30)25-10-11-26-12-14-27(15-13-26)21-9-5-3-7-19(21)24/h2-9,22H,10-16H2,1H3,(H,25,30). The lowest BCUT2D eigenvalue weighted by Gasteiger charge is -2.36. The van der Waals surface area contributed by atoms with Gasteiger partial charge in [-0.3, -0.25) is 19.4 Å². The molecule has 2 aromatic carbocycles. The third-order valence-electron chi connectivity index (χ3n) is 5.91. The van der Waals surface area contributed by atoms with E-state index in [-0.39, 0.29) is 17.6 Å². The number of carbonyl (C=O) groups excluding carboxylic acids is 2. The molecule has 0 bridgehead atoms. The van der Waals surface area contributed by atoms with Gasteiger partial charge in [-0.05, 0) is 23.8 Å². The van der Waals surface area contributed by atoms with Crippen molar-refractivity contribution in [2.24, 2.45) is 0 Å². The summed E-state index contributed by atoms with van der Waals surface area (Å²) in [4.78, 5) is 30.8. The van der Waals surface area contributed by atoms with Gasteiger partial charge in [0.05, 0.1) is 5.69 Å². The summed E-state index contributed by atoms with van der Waals surface area (Å²) >= 11 is 0. The molecule has 0 aromatic heterocycles. The number of fused-ring (bicyclic) bond motifs is 1. The van der Waals surface area contributed by atoms with Crippen molar-refractivity contribution in [3.63, 3.8) is 0 Å². The van der Waals surface area contributed by atoms with Crippen molar-refractivity contribution >= 4 is 23.2 Å². The van der Waals surface area contributed by atoms with Crippen LogP contribution >= 0.6 is 0 Å². The molecule has 0 saturated carbocycles. The van der Waals surface area contributed by atoms with Gasteiger partial charge in [-0.25, -0.2) is 4.39 Å². The summed E-state index contributed by atoms with van der Waals surface area (Å²) in [6, 6.07) is 14.0. The van der Waals surface area contributed by atoms with Crippen molar-refractivity contribution in [3.8, 4) is 0 Å². The molecular formula is C23H27FN4O2. The first kappa shape index (κ1) is 20.3. The van der Waals surface area contributed by atoms with Crippen molar-refractivity contribution < 1.29 is 14.0 Å². The highest BCUT2D eigenvalue weighted by atomic mass is 19.1. The van der Waals surface area contributed by atoms with Crippen molar-refractivity contribution in [2.45, 2.75) is 19.4 Å². The van der Waals surface area contributed by atoms with E-state index in [1.54, 1.807) is 11.0 Å². The maximum Gasteiger partial charge on any atom is 0.243 e. The fourth-order valence-corrected chi connectivity index (χ4v) is 4.36. The van der Waals surface area contributed by atoms with Gasteiger partial charge in [-0.15, -0.1) is 0 Å². The predicted molar refractivity (Wildman–Crippen MR) is 115 cm³/mol. The third-order valence-corrected chi connectivity index (χ3v) is 5.91. The molecule has 0 aliphatic carbocycles. The molecule has 2 aromatic rings. The number of nitrogens with zero attached hydrogens (tertiary/aromatic N) is 3. The number of para-hydroxylation sites is 2. The van der Waals surface area contributed by atoms with E-state index in [2.05, 4.69) is 15.1 Å². The maximum absolute atomic E-state index is 14.0. The maximum atomic E-state index is 14.0. The van der Waals surface area contributed by atoms with Gasteiger partial charge < -0.3 is 10.2 Å². The molecule has 0 radical (unpaired) electrons. The Labute approximate surface area is 176 Å². The molecule has 2 aliphatic rings. The normalized spacial score (nSPS) is 18.9. The minimum atomic E-state index is -0.488. The summed E-state index contributed by atoms with van der Waals surface area (Å²) in [5.41, 5.74) is 2.50. The van der Waals surface area contributed by atoms with Gasteiger partial charge in [-0.1, -0.05) is 30.3 Å². The molecule has 1 unspecified atom stereocenters. The van der Waals surface area contributed by atoms with Crippen LogP contribution in [0.3, 0.4) is 0 Å². The number of benzene rings is 2. The number of rotatable bonds is 5. The summed E-state index contributed by atoms with van der Waals surface area (Å²) < 4.78 is 14.0. The predicted octanol–water partition coefficient (Wildman–Crippen LogP) is 2.04. The SMILES string of the molecule is CC(=O)N1c2ccccc2CC1C(=O)NCCN1CCN(c2ccccc2F)CC1. The van der Waals surface area contributed by atoms with Crippen molar-refractivity contribution in [1.82, 2.24) is 10.2 Å². The van der Waals surface area contributed by atoms with E-state index in [9.17, 15) is 14.0 Å². The Balaban J connectivity index is 1.26. The van der Waals surface area contributed by atoms with Crippen LogP contribution in [0.25, 0.3) is 0 Å². The van der Waals surface area contributed by atoms with Gasteiger partial charge in [0.1, 0.15) is 11.9 Å². The molecule has 158 valence electrons. The number of carbonyl (C=O) groups is 2. The molecule has 4 rings (SSSR count). The first-order valence-corrected chi connectivity index (χ1v) is 10.4. The van der Waals surface area contributed by atoms with E-state index in [0.29, 0.717) is 18.7 Å². The van der Waals surface area contributed by atoms with Crippen molar-refractivity contribution in [3.05, 3.63) is 59.9 Å². The molecule has 1 atom stereocenters. The highest BCUT2D eigenvalue weighted by Crippen LogP contribution is 2.32. The number of piperazine rings is 1. The highest BCUT2D eigenvalue weighted by Gasteiger charge is 2.36. The smallest absolute Gasteiger partial charge is 0.243 e. The quantitative estimate of drug-likeness (QED) is 0.820. The lowest BCUT2D eigenvalue weighted by atomic mass is 10.1. The van der Waals surface area contributed by atoms with Crippen LogP contribution in [0.5, 0.6) is 0 Å². The van der Waals surface area contributed by atoms with E-state index < -0.39 is 6.04 Å². The van der Waals surface area contributed by atoms with Gasteiger partial charge in [-0.2, -0.15) is 0 Å². The van der Waals surface area contributed by atoms with Crippen molar-refractivity contribution in [2.75, 3.05) is 49.1 Å². The monoisotopic (exact) mass is 410 g/mol. The third kappa shape index (κ3) is 4.16. The lowest BCUT2D eigenvalue weighted by molar-refractivity contribution is -0.125. The van der Waals surface area contributed by atoms with Crippen LogP contribution in [0.4, 0.5) is 15.8 Å². The molecule has 7 heteroatoms. The van der Waals surface area contributed by atoms with Crippen molar-refractivity contribution in [1.29, 1.82) is 0 Å². The molecule has 2 heterocycles. The second-order valence-corrected chi connectivity index (χ2v) is 7.81. The van der Waals surface area contributed by atoms with Crippen LogP contribution in [-0.2, 0) is 16.0 Å². The summed E-state index contributed by atoms with van der Waals surface area (Å²) in [6.45, 7) is 5.90. The Hall–Kier alpha value is -2.93. The van der Waals surface area contributed by atoms with Crippen LogP contribution in [0, 0.1) is 5.82 Å². The molecule has 1 N–H and O–H groups in total. The largest absolute Gasteiger partial charge is 0.367 e.